The van der Waals surface area contributed by atoms with E-state index < -0.39 is 17.8 Å². The van der Waals surface area contributed by atoms with Gasteiger partial charge in [0.2, 0.25) is 0 Å². The van der Waals surface area contributed by atoms with E-state index in [1.807, 2.05) is 26.0 Å². The number of carbonyl (C=O) groups excluding carboxylic acids is 3. The maximum atomic E-state index is 13.3. The van der Waals surface area contributed by atoms with E-state index in [0.29, 0.717) is 11.1 Å². The second-order valence-electron chi connectivity index (χ2n) is 12.2. The monoisotopic (exact) mass is 519 g/mol. The van der Waals surface area contributed by atoms with Crippen LogP contribution in [0, 0.1) is 31.6 Å². The second-order valence-corrected chi connectivity index (χ2v) is 12.2. The number of para-hydroxylation sites is 1. The maximum absolute atomic E-state index is 13.3. The number of rotatable bonds is 4. The number of nitrogens with zero attached hydrogens (tertiary/aromatic N) is 2. The van der Waals surface area contributed by atoms with Crippen molar-refractivity contribution in [1.29, 1.82) is 0 Å². The van der Waals surface area contributed by atoms with Crippen LogP contribution in [0.25, 0.3) is 11.8 Å². The van der Waals surface area contributed by atoms with E-state index in [1.165, 1.54) is 44.1 Å². The first kappa shape index (κ1) is 24.1. The van der Waals surface area contributed by atoms with Crippen molar-refractivity contribution >= 4 is 29.6 Å². The highest BCUT2D eigenvalue weighted by Crippen LogP contribution is 2.60. The first-order chi connectivity index (χ1) is 18.8. The summed E-state index contributed by atoms with van der Waals surface area (Å²) in [6, 6.07) is 19.0. The van der Waals surface area contributed by atoms with E-state index in [4.69, 9.17) is 0 Å². The number of nitrogens with one attached hydrogen (secondary N) is 1. The topological polar surface area (TPSA) is 71.4 Å². The number of amides is 4. The van der Waals surface area contributed by atoms with Gasteiger partial charge in [0.05, 0.1) is 5.69 Å². The Kier molecular flexibility index (Phi) is 5.45. The molecule has 1 saturated heterocycles. The predicted octanol–water partition coefficient (Wildman–Crippen LogP) is 6.23. The lowest BCUT2D eigenvalue weighted by molar-refractivity contribution is -0.122. The molecule has 0 atom stereocenters. The molecule has 6 nitrogen and oxygen atoms in total. The molecule has 2 aromatic carbocycles. The molecule has 5 fully saturated rings. The quantitative estimate of drug-likeness (QED) is 0.328. The number of carbonyl (C=O) groups is 3. The molecule has 4 bridgehead atoms. The Hall–Kier alpha value is -3.93. The van der Waals surface area contributed by atoms with Gasteiger partial charge in [0.15, 0.2) is 0 Å². The Labute approximate surface area is 228 Å². The molecule has 1 N–H and O–H groups in total. The Morgan fingerprint density at radius 3 is 2.05 bits per heavy atom. The minimum absolute atomic E-state index is 0.0594. The van der Waals surface area contributed by atoms with E-state index in [2.05, 4.69) is 34.1 Å². The van der Waals surface area contributed by atoms with Gasteiger partial charge in [0.1, 0.15) is 5.57 Å². The second kappa shape index (κ2) is 8.80. The van der Waals surface area contributed by atoms with Crippen LogP contribution in [-0.2, 0) is 15.0 Å². The van der Waals surface area contributed by atoms with E-state index in [1.54, 1.807) is 30.3 Å². The fourth-order valence-electron chi connectivity index (χ4n) is 8.38. The zero-order valence-electron chi connectivity index (χ0n) is 22.4. The predicted molar refractivity (Wildman–Crippen MR) is 151 cm³/mol. The van der Waals surface area contributed by atoms with Gasteiger partial charge in [-0.25, -0.2) is 9.69 Å². The van der Waals surface area contributed by atoms with Crippen molar-refractivity contribution in [2.75, 3.05) is 4.90 Å². The van der Waals surface area contributed by atoms with Crippen LogP contribution in [-0.4, -0.2) is 22.4 Å². The highest BCUT2D eigenvalue weighted by atomic mass is 16.2. The van der Waals surface area contributed by atoms with Crippen molar-refractivity contribution in [3.05, 3.63) is 88.8 Å². The number of aromatic nitrogens is 1. The van der Waals surface area contributed by atoms with E-state index in [0.717, 1.165) is 45.3 Å². The molecule has 3 aromatic rings. The SMILES string of the molecule is Cc1cc(/C=C2\C(=O)NC(=O)N(c3ccccc3)C2=O)c(C)n1-c1ccc(C23CC4CC(CC(C4)C2)C3)cc1. The lowest BCUT2D eigenvalue weighted by atomic mass is 9.48. The number of imide groups is 2. The fraction of sp³-hybridized carbons (Fsp3) is 0.364. The third-order valence-corrected chi connectivity index (χ3v) is 9.66. The number of hydrogen-bond acceptors (Lipinski definition) is 3. The third kappa shape index (κ3) is 3.88. The summed E-state index contributed by atoms with van der Waals surface area (Å²) in [4.78, 5) is 39.5. The molecule has 1 aliphatic heterocycles. The van der Waals surface area contributed by atoms with Crippen LogP contribution >= 0.6 is 0 Å². The molecule has 0 unspecified atom stereocenters. The minimum atomic E-state index is -0.738. The Balaban J connectivity index is 1.20. The van der Waals surface area contributed by atoms with Crippen LogP contribution in [0.2, 0.25) is 0 Å². The van der Waals surface area contributed by atoms with Crippen LogP contribution in [0.15, 0.2) is 66.2 Å². The summed E-state index contributed by atoms with van der Waals surface area (Å²) in [5.41, 5.74) is 6.01. The molecule has 198 valence electrons. The van der Waals surface area contributed by atoms with Crippen molar-refractivity contribution < 1.29 is 14.4 Å². The van der Waals surface area contributed by atoms with Crippen LogP contribution < -0.4 is 10.2 Å². The van der Waals surface area contributed by atoms with Crippen molar-refractivity contribution in [1.82, 2.24) is 9.88 Å². The Bertz CT molecular complexity index is 1490. The average Bonchev–Trinajstić information content (AvgIpc) is 3.18. The Morgan fingerprint density at radius 1 is 0.821 bits per heavy atom. The number of hydrogen-bond donors (Lipinski definition) is 1. The summed E-state index contributed by atoms with van der Waals surface area (Å²) < 4.78 is 2.17. The molecular formula is C33H33N3O3. The number of aryl methyl sites for hydroxylation is 1. The van der Waals surface area contributed by atoms with E-state index in [-0.39, 0.29) is 5.57 Å². The highest BCUT2D eigenvalue weighted by Gasteiger charge is 2.51. The first-order valence-electron chi connectivity index (χ1n) is 14.1. The summed E-state index contributed by atoms with van der Waals surface area (Å²) in [5, 5.41) is 2.31. The number of urea groups is 1. The van der Waals surface area contributed by atoms with Gasteiger partial charge in [-0.2, -0.15) is 0 Å². The van der Waals surface area contributed by atoms with Crippen molar-refractivity contribution in [3.63, 3.8) is 0 Å². The molecule has 4 aliphatic carbocycles. The first-order valence-corrected chi connectivity index (χ1v) is 14.1. The standard InChI is InChI=1S/C33H33N3O3/c1-20-12-25(16-29-30(37)34-32(39)36(31(29)38)27-6-4-3-5-7-27)21(2)35(20)28-10-8-26(9-11-28)33-17-22-13-23(18-33)15-24(14-22)19-33/h3-12,16,22-24H,13-15,17-19H2,1-2H3,(H,34,37,39)/b29-16+. The smallest absolute Gasteiger partial charge is 0.318 e. The molecule has 1 aromatic heterocycles. The van der Waals surface area contributed by atoms with Gasteiger partial charge >= 0.3 is 6.03 Å². The molecule has 4 amide bonds. The zero-order chi connectivity index (χ0) is 26.9. The molecule has 2 heterocycles. The van der Waals surface area contributed by atoms with Gasteiger partial charge in [-0.3, -0.25) is 14.9 Å². The summed E-state index contributed by atoms with van der Waals surface area (Å²) >= 11 is 0. The third-order valence-electron chi connectivity index (χ3n) is 9.66. The summed E-state index contributed by atoms with van der Waals surface area (Å²) in [7, 11) is 0. The lowest BCUT2D eigenvalue weighted by Crippen LogP contribution is -2.54. The normalized spacial score (nSPS) is 28.9. The minimum Gasteiger partial charge on any atom is -0.318 e. The molecule has 4 saturated carbocycles. The fourth-order valence-corrected chi connectivity index (χ4v) is 8.38. The van der Waals surface area contributed by atoms with Gasteiger partial charge in [-0.05, 0) is 123 Å². The van der Waals surface area contributed by atoms with Gasteiger partial charge in [0.25, 0.3) is 11.8 Å². The van der Waals surface area contributed by atoms with Gasteiger partial charge in [0, 0.05) is 17.1 Å². The number of benzene rings is 2. The van der Waals surface area contributed by atoms with Crippen molar-refractivity contribution in [2.24, 2.45) is 17.8 Å². The molecule has 39 heavy (non-hydrogen) atoms. The number of anilines is 1. The molecule has 0 spiro atoms. The van der Waals surface area contributed by atoms with Crippen LogP contribution in [0.4, 0.5) is 10.5 Å². The summed E-state index contributed by atoms with van der Waals surface area (Å²) in [5.74, 6) is 1.43. The number of barbiturate groups is 1. The molecule has 0 radical (unpaired) electrons. The molecule has 8 rings (SSSR count). The van der Waals surface area contributed by atoms with Gasteiger partial charge < -0.3 is 4.57 Å². The van der Waals surface area contributed by atoms with Crippen LogP contribution in [0.3, 0.4) is 0 Å². The van der Waals surface area contributed by atoms with Crippen molar-refractivity contribution in [3.8, 4) is 5.69 Å². The van der Waals surface area contributed by atoms with Gasteiger partial charge in [-0.1, -0.05) is 30.3 Å². The molecule has 6 heteroatoms. The average molecular weight is 520 g/mol. The molecule has 5 aliphatic rings. The van der Waals surface area contributed by atoms with E-state index in [9.17, 15) is 14.4 Å². The van der Waals surface area contributed by atoms with E-state index >= 15 is 0 Å². The largest absolute Gasteiger partial charge is 0.335 e. The molecular weight excluding hydrogens is 486 g/mol. The lowest BCUT2D eigenvalue weighted by Gasteiger charge is -2.57. The summed E-state index contributed by atoms with van der Waals surface area (Å²) in [6.07, 6.45) is 9.95. The maximum Gasteiger partial charge on any atom is 0.335 e. The highest BCUT2D eigenvalue weighted by molar-refractivity contribution is 6.39. The Morgan fingerprint density at radius 2 is 1.44 bits per heavy atom. The summed E-state index contributed by atoms with van der Waals surface area (Å²) in [6.45, 7) is 4.03. The van der Waals surface area contributed by atoms with Crippen LogP contribution in [0.5, 0.6) is 0 Å². The van der Waals surface area contributed by atoms with Crippen LogP contribution in [0.1, 0.15) is 61.0 Å². The zero-order valence-corrected chi connectivity index (χ0v) is 22.4. The van der Waals surface area contributed by atoms with Gasteiger partial charge in [-0.15, -0.1) is 0 Å². The van der Waals surface area contributed by atoms with Crippen molar-refractivity contribution in [2.45, 2.75) is 57.8 Å².